The second kappa shape index (κ2) is 9.49. The minimum absolute atomic E-state index is 0.231. The van der Waals surface area contributed by atoms with Crippen molar-refractivity contribution in [2.45, 2.75) is 51.3 Å². The lowest BCUT2D eigenvalue weighted by atomic mass is 9.93. The van der Waals surface area contributed by atoms with Gasteiger partial charge in [0, 0.05) is 24.4 Å². The fourth-order valence-corrected chi connectivity index (χ4v) is 4.71. The van der Waals surface area contributed by atoms with E-state index in [0.717, 1.165) is 24.0 Å². The maximum Gasteiger partial charge on any atom is 0.424 e. The van der Waals surface area contributed by atoms with Crippen LogP contribution in [-0.4, -0.2) is 40.7 Å². The zero-order valence-corrected chi connectivity index (χ0v) is 18.9. The lowest BCUT2D eigenvalue weighted by Crippen LogP contribution is -2.67. The Morgan fingerprint density at radius 3 is 2.55 bits per heavy atom. The fourth-order valence-electron chi connectivity index (χ4n) is 4.52. The molecule has 1 saturated heterocycles. The van der Waals surface area contributed by atoms with E-state index in [2.05, 4.69) is 5.32 Å². The zero-order valence-electron chi connectivity index (χ0n) is 18.1. The first-order valence-electron chi connectivity index (χ1n) is 10.7. The predicted octanol–water partition coefficient (Wildman–Crippen LogP) is 3.48. The average molecular weight is 445 g/mol. The minimum Gasteiger partial charge on any atom is -0.372 e. The smallest absolute Gasteiger partial charge is 0.372 e. The Hall–Kier alpha value is -2.25. The molecule has 3 atom stereocenters. The molecule has 31 heavy (non-hydrogen) atoms. The first-order chi connectivity index (χ1) is 14.7. The van der Waals surface area contributed by atoms with Gasteiger partial charge in [0.05, 0.1) is 6.54 Å². The molecule has 7 heteroatoms. The van der Waals surface area contributed by atoms with Crippen molar-refractivity contribution in [2.75, 3.05) is 13.1 Å². The number of nitrogens with two attached hydrogens (primary N) is 1. The molecule has 3 rings (SSSR count). The van der Waals surface area contributed by atoms with Crippen LogP contribution >= 0.6 is 11.6 Å². The molecule has 2 aromatic carbocycles. The van der Waals surface area contributed by atoms with E-state index in [9.17, 15) is 14.7 Å². The van der Waals surface area contributed by atoms with Crippen molar-refractivity contribution in [3.63, 3.8) is 0 Å². The predicted molar refractivity (Wildman–Crippen MR) is 121 cm³/mol. The summed E-state index contributed by atoms with van der Waals surface area (Å²) in [4.78, 5) is 27.2. The van der Waals surface area contributed by atoms with Crippen LogP contribution in [0.3, 0.4) is 0 Å². The highest BCUT2D eigenvalue weighted by atomic mass is 35.5. The molecule has 0 aromatic heterocycles. The highest BCUT2D eigenvalue weighted by Crippen LogP contribution is 2.35. The van der Waals surface area contributed by atoms with Gasteiger partial charge in [-0.25, -0.2) is 9.59 Å². The van der Waals surface area contributed by atoms with Gasteiger partial charge in [0.1, 0.15) is 6.04 Å². The average Bonchev–Trinajstić information content (AvgIpc) is 3.15. The Balaban J connectivity index is 1.89. The molecule has 3 amide bonds. The largest absolute Gasteiger partial charge is 0.424 e. The van der Waals surface area contributed by atoms with Crippen molar-refractivity contribution in [3.05, 3.63) is 70.2 Å². The molecule has 2 aromatic rings. The van der Waals surface area contributed by atoms with Crippen molar-refractivity contribution < 1.29 is 19.2 Å². The number of likely N-dealkylation sites (tertiary alicyclic amines) is 1. The number of aliphatic hydroxyl groups is 1. The van der Waals surface area contributed by atoms with E-state index in [1.807, 2.05) is 25.1 Å². The third-order valence-electron chi connectivity index (χ3n) is 6.37. The first kappa shape index (κ1) is 23.4. The van der Waals surface area contributed by atoms with Gasteiger partial charge in [0.25, 0.3) is 0 Å². The van der Waals surface area contributed by atoms with Gasteiger partial charge in [-0.2, -0.15) is 4.48 Å². The Bertz CT molecular complexity index is 948. The molecule has 1 aliphatic heterocycles. The molecule has 0 radical (unpaired) electrons. The van der Waals surface area contributed by atoms with Gasteiger partial charge >= 0.3 is 11.9 Å². The van der Waals surface area contributed by atoms with Crippen molar-refractivity contribution >= 4 is 23.5 Å². The number of carbonyl (C=O) groups excluding carboxylic acids is 2. The maximum atomic E-state index is 13.7. The maximum absolute atomic E-state index is 13.7. The van der Waals surface area contributed by atoms with Crippen molar-refractivity contribution in [3.8, 4) is 0 Å². The SMILES string of the molecule is C[C@@H]1CCC[N+]1(C(=O)NCc1cc(Cl)ccc1CCN)C(=O)[C@](C)(O)c1ccccc1. The number of hydrogen-bond donors (Lipinski definition) is 3. The van der Waals surface area contributed by atoms with E-state index in [1.54, 1.807) is 30.3 Å². The van der Waals surface area contributed by atoms with Crippen LogP contribution < -0.4 is 11.1 Å². The van der Waals surface area contributed by atoms with Gasteiger partial charge in [-0.15, -0.1) is 0 Å². The van der Waals surface area contributed by atoms with Crippen LogP contribution in [0.5, 0.6) is 0 Å². The third kappa shape index (κ3) is 4.53. The number of quaternary nitrogens is 1. The molecule has 0 aliphatic carbocycles. The van der Waals surface area contributed by atoms with Crippen LogP contribution in [0.4, 0.5) is 4.79 Å². The Labute approximate surface area is 188 Å². The Morgan fingerprint density at radius 2 is 1.94 bits per heavy atom. The zero-order chi connectivity index (χ0) is 22.6. The number of carbonyl (C=O) groups is 2. The van der Waals surface area contributed by atoms with Crippen LogP contribution in [0.1, 0.15) is 43.4 Å². The van der Waals surface area contributed by atoms with Crippen molar-refractivity contribution in [1.82, 2.24) is 5.32 Å². The van der Waals surface area contributed by atoms with E-state index in [0.29, 0.717) is 30.1 Å². The van der Waals surface area contributed by atoms with E-state index >= 15 is 0 Å². The molecule has 1 unspecified atom stereocenters. The summed E-state index contributed by atoms with van der Waals surface area (Å²) in [5.41, 5.74) is 6.29. The van der Waals surface area contributed by atoms with Crippen LogP contribution in [-0.2, 0) is 23.4 Å². The second-order valence-electron chi connectivity index (χ2n) is 8.44. The molecule has 0 saturated carbocycles. The number of urea groups is 1. The van der Waals surface area contributed by atoms with Gasteiger partial charge < -0.3 is 16.2 Å². The number of nitrogens with zero attached hydrogens (tertiary/aromatic N) is 1. The van der Waals surface area contributed by atoms with Crippen LogP contribution in [0.25, 0.3) is 0 Å². The molecule has 1 heterocycles. The molecular formula is C24H31ClN3O3+. The van der Waals surface area contributed by atoms with Crippen molar-refractivity contribution in [1.29, 1.82) is 0 Å². The molecule has 0 spiro atoms. The Kier molecular flexibility index (Phi) is 7.17. The van der Waals surface area contributed by atoms with Crippen LogP contribution in [0, 0.1) is 0 Å². The number of imide groups is 1. The summed E-state index contributed by atoms with van der Waals surface area (Å²) in [6, 6.07) is 13.7. The van der Waals surface area contributed by atoms with Crippen molar-refractivity contribution in [2.24, 2.45) is 5.73 Å². The quantitative estimate of drug-likeness (QED) is 0.594. The topological polar surface area (TPSA) is 92.4 Å². The lowest BCUT2D eigenvalue weighted by molar-refractivity contribution is -0.789. The van der Waals surface area contributed by atoms with E-state index in [-0.39, 0.29) is 12.6 Å². The number of amides is 3. The molecule has 0 bridgehead atoms. The monoisotopic (exact) mass is 444 g/mol. The van der Waals surface area contributed by atoms with E-state index in [1.165, 1.54) is 6.92 Å². The highest BCUT2D eigenvalue weighted by Gasteiger charge is 2.58. The summed E-state index contributed by atoms with van der Waals surface area (Å²) in [6.45, 7) is 4.45. The molecule has 6 nitrogen and oxygen atoms in total. The molecule has 4 N–H and O–H groups in total. The van der Waals surface area contributed by atoms with Gasteiger partial charge in [0.2, 0.25) is 5.60 Å². The number of halogens is 1. The van der Waals surface area contributed by atoms with Gasteiger partial charge in [0.15, 0.2) is 0 Å². The molecule has 166 valence electrons. The molecule has 1 aliphatic rings. The van der Waals surface area contributed by atoms with E-state index in [4.69, 9.17) is 17.3 Å². The number of nitrogens with one attached hydrogen (secondary N) is 1. The second-order valence-corrected chi connectivity index (χ2v) is 8.87. The number of rotatable bonds is 6. The molecule has 1 fully saturated rings. The first-order valence-corrected chi connectivity index (χ1v) is 11.1. The Morgan fingerprint density at radius 1 is 1.23 bits per heavy atom. The summed E-state index contributed by atoms with van der Waals surface area (Å²) >= 11 is 6.15. The summed E-state index contributed by atoms with van der Waals surface area (Å²) < 4.78 is -0.422. The summed E-state index contributed by atoms with van der Waals surface area (Å²) in [5.74, 6) is -0.505. The highest BCUT2D eigenvalue weighted by molar-refractivity contribution is 6.30. The molecular weight excluding hydrogens is 414 g/mol. The van der Waals surface area contributed by atoms with Gasteiger partial charge in [-0.3, -0.25) is 0 Å². The van der Waals surface area contributed by atoms with Gasteiger partial charge in [-0.05, 0) is 55.6 Å². The summed E-state index contributed by atoms with van der Waals surface area (Å²) in [5, 5.41) is 14.7. The normalized spacial score (nSPS) is 22.7. The van der Waals surface area contributed by atoms with Crippen LogP contribution in [0.15, 0.2) is 48.5 Å². The standard InChI is InChI=1S/C24H30ClN3O3/c1-17-7-6-14-28(17,22(29)24(2,31)20-8-4-3-5-9-20)23(30)27-16-19-15-21(25)11-10-18(19)12-13-26/h3-5,8-11,15,17,31H,6-7,12-14,16,26H2,1-2H3/p+1/t17-,24-,28?/m1/s1. The van der Waals surface area contributed by atoms with Crippen LogP contribution in [0.2, 0.25) is 5.02 Å². The fraction of sp³-hybridized carbons (Fsp3) is 0.417. The number of benzene rings is 2. The lowest BCUT2D eigenvalue weighted by Gasteiger charge is -2.37. The third-order valence-corrected chi connectivity index (χ3v) is 6.61. The minimum atomic E-state index is -1.78. The summed E-state index contributed by atoms with van der Waals surface area (Å²) in [7, 11) is 0. The van der Waals surface area contributed by atoms with Gasteiger partial charge in [-0.1, -0.05) is 48.0 Å². The number of hydrogen-bond acceptors (Lipinski definition) is 4. The summed E-state index contributed by atoms with van der Waals surface area (Å²) in [6.07, 6.45) is 2.14. The van der Waals surface area contributed by atoms with E-state index < -0.39 is 22.0 Å².